The van der Waals surface area contributed by atoms with Crippen molar-refractivity contribution >= 4 is 5.57 Å². The van der Waals surface area contributed by atoms with Crippen LogP contribution in [0.4, 0.5) is 0 Å². The van der Waals surface area contributed by atoms with Crippen molar-refractivity contribution in [1.29, 1.82) is 0 Å². The van der Waals surface area contributed by atoms with Crippen molar-refractivity contribution < 1.29 is 14.9 Å². The highest BCUT2D eigenvalue weighted by Gasteiger charge is 2.18. The Balaban J connectivity index is 2.56. The molecule has 0 saturated heterocycles. The zero-order valence-electron chi connectivity index (χ0n) is 16.1. The number of phenolic OH excluding ortho intramolecular Hbond substituents is 1. The molecule has 0 radical (unpaired) electrons. The van der Waals surface area contributed by atoms with Crippen LogP contribution < -0.4 is 4.74 Å². The van der Waals surface area contributed by atoms with E-state index in [0.717, 1.165) is 53.5 Å². The first-order chi connectivity index (χ1) is 12.5. The van der Waals surface area contributed by atoms with Crippen molar-refractivity contribution in [2.24, 2.45) is 0 Å². The second kappa shape index (κ2) is 9.44. The van der Waals surface area contributed by atoms with Gasteiger partial charge in [-0.25, -0.2) is 0 Å². The normalized spacial score (nSPS) is 10.8. The number of hydrogen-bond donors (Lipinski definition) is 2. The molecule has 0 saturated carbocycles. The fourth-order valence-electron chi connectivity index (χ4n) is 3.16. The molecule has 2 aromatic rings. The van der Waals surface area contributed by atoms with E-state index in [9.17, 15) is 10.2 Å². The van der Waals surface area contributed by atoms with Gasteiger partial charge in [0.05, 0.1) is 12.2 Å². The minimum absolute atomic E-state index is 0.0680. The molecule has 0 amide bonds. The van der Waals surface area contributed by atoms with Crippen LogP contribution in [0.15, 0.2) is 36.9 Å². The number of ether oxygens (including phenoxy) is 1. The number of aromatic hydroxyl groups is 1. The standard InChI is InChI=1S/C23H30O3/c1-5-6-7-8-18-14-21(25)23(22(15-18)26-12-11-24)20-13-17(4)9-10-19(20)16(2)3/h9-10,13-15,24-25H,2,5-8,11-12H2,1,3-4H3. The molecule has 2 rings (SSSR count). The van der Waals surface area contributed by atoms with Crippen LogP contribution in [0.3, 0.4) is 0 Å². The molecular weight excluding hydrogens is 324 g/mol. The van der Waals surface area contributed by atoms with Crippen LogP contribution in [-0.4, -0.2) is 23.4 Å². The zero-order chi connectivity index (χ0) is 19.1. The molecule has 0 aliphatic rings. The first-order valence-corrected chi connectivity index (χ1v) is 9.34. The monoisotopic (exact) mass is 354 g/mol. The Morgan fingerprint density at radius 3 is 2.58 bits per heavy atom. The van der Waals surface area contributed by atoms with Gasteiger partial charge >= 0.3 is 0 Å². The molecule has 0 aliphatic heterocycles. The maximum absolute atomic E-state index is 10.8. The number of aryl methyl sites for hydroxylation is 2. The molecule has 2 aromatic carbocycles. The zero-order valence-corrected chi connectivity index (χ0v) is 16.1. The van der Waals surface area contributed by atoms with Gasteiger partial charge in [-0.05, 0) is 55.5 Å². The molecule has 0 fully saturated rings. The number of aliphatic hydroxyl groups excluding tert-OH is 1. The topological polar surface area (TPSA) is 49.7 Å². The number of allylic oxidation sites excluding steroid dienone is 1. The highest BCUT2D eigenvalue weighted by atomic mass is 16.5. The smallest absolute Gasteiger partial charge is 0.131 e. The van der Waals surface area contributed by atoms with Crippen molar-refractivity contribution in [1.82, 2.24) is 0 Å². The van der Waals surface area contributed by atoms with Gasteiger partial charge in [0.25, 0.3) is 0 Å². The summed E-state index contributed by atoms with van der Waals surface area (Å²) in [6.07, 6.45) is 4.30. The van der Waals surface area contributed by atoms with E-state index in [-0.39, 0.29) is 19.0 Å². The quantitative estimate of drug-likeness (QED) is 0.584. The largest absolute Gasteiger partial charge is 0.507 e. The summed E-state index contributed by atoms with van der Waals surface area (Å²) in [6, 6.07) is 9.93. The Bertz CT molecular complexity index is 762. The van der Waals surface area contributed by atoms with Gasteiger partial charge in [-0.3, -0.25) is 0 Å². The van der Waals surface area contributed by atoms with Gasteiger partial charge in [0.1, 0.15) is 18.1 Å². The van der Waals surface area contributed by atoms with Gasteiger partial charge in [0.15, 0.2) is 0 Å². The van der Waals surface area contributed by atoms with E-state index in [0.29, 0.717) is 11.3 Å². The van der Waals surface area contributed by atoms with E-state index in [2.05, 4.69) is 13.5 Å². The first-order valence-electron chi connectivity index (χ1n) is 9.34. The van der Waals surface area contributed by atoms with Crippen molar-refractivity contribution in [2.75, 3.05) is 13.2 Å². The van der Waals surface area contributed by atoms with Gasteiger partial charge in [-0.1, -0.05) is 55.7 Å². The number of phenols is 1. The Kier molecular flexibility index (Phi) is 7.28. The van der Waals surface area contributed by atoms with Gasteiger partial charge in [0.2, 0.25) is 0 Å². The number of unbranched alkanes of at least 4 members (excludes halogenated alkanes) is 2. The minimum atomic E-state index is -0.0680. The molecule has 2 N–H and O–H groups in total. The first kappa shape index (κ1) is 20.1. The molecule has 0 aliphatic carbocycles. The second-order valence-corrected chi connectivity index (χ2v) is 6.85. The summed E-state index contributed by atoms with van der Waals surface area (Å²) in [5.41, 5.74) is 5.64. The van der Waals surface area contributed by atoms with Crippen molar-refractivity contribution in [3.8, 4) is 22.6 Å². The molecular formula is C23H30O3. The molecule has 0 heterocycles. The third-order valence-electron chi connectivity index (χ3n) is 4.46. The highest BCUT2D eigenvalue weighted by Crippen LogP contribution is 2.42. The lowest BCUT2D eigenvalue weighted by Gasteiger charge is -2.18. The van der Waals surface area contributed by atoms with Crippen molar-refractivity contribution in [3.05, 3.63) is 53.6 Å². The molecule has 0 atom stereocenters. The SMILES string of the molecule is C=C(C)c1ccc(C)cc1-c1c(O)cc(CCCCC)cc1OCCO. The maximum Gasteiger partial charge on any atom is 0.131 e. The van der Waals surface area contributed by atoms with Crippen LogP contribution in [-0.2, 0) is 6.42 Å². The van der Waals surface area contributed by atoms with E-state index in [1.54, 1.807) is 0 Å². The van der Waals surface area contributed by atoms with Crippen LogP contribution >= 0.6 is 0 Å². The Hall–Kier alpha value is -2.26. The molecule has 0 bridgehead atoms. The van der Waals surface area contributed by atoms with Crippen molar-refractivity contribution in [2.45, 2.75) is 46.5 Å². The maximum atomic E-state index is 10.8. The van der Waals surface area contributed by atoms with Crippen LogP contribution in [0.5, 0.6) is 11.5 Å². The highest BCUT2D eigenvalue weighted by molar-refractivity contribution is 5.86. The van der Waals surface area contributed by atoms with Crippen molar-refractivity contribution in [3.63, 3.8) is 0 Å². The Morgan fingerprint density at radius 2 is 1.92 bits per heavy atom. The van der Waals surface area contributed by atoms with Crippen LogP contribution in [0.25, 0.3) is 16.7 Å². The van der Waals surface area contributed by atoms with Gasteiger partial charge in [0, 0.05) is 0 Å². The molecule has 0 spiro atoms. The fourth-order valence-corrected chi connectivity index (χ4v) is 3.16. The summed E-state index contributed by atoms with van der Waals surface area (Å²) in [4.78, 5) is 0. The van der Waals surface area contributed by atoms with Crippen LogP contribution in [0, 0.1) is 6.92 Å². The summed E-state index contributed by atoms with van der Waals surface area (Å²) in [6.45, 7) is 10.3. The number of rotatable bonds is 9. The minimum Gasteiger partial charge on any atom is -0.507 e. The molecule has 140 valence electrons. The lowest BCUT2D eigenvalue weighted by atomic mass is 9.91. The van der Waals surface area contributed by atoms with E-state index < -0.39 is 0 Å². The number of hydrogen-bond acceptors (Lipinski definition) is 3. The predicted octanol–water partition coefficient (Wildman–Crippen LogP) is 5.50. The predicted molar refractivity (Wildman–Crippen MR) is 109 cm³/mol. The van der Waals surface area contributed by atoms with E-state index >= 15 is 0 Å². The molecule has 0 unspecified atom stereocenters. The summed E-state index contributed by atoms with van der Waals surface area (Å²) in [5.74, 6) is 0.818. The van der Waals surface area contributed by atoms with E-state index in [1.165, 1.54) is 0 Å². The number of aliphatic hydroxyl groups is 1. The molecule has 0 aromatic heterocycles. The molecule has 3 heteroatoms. The fraction of sp³-hybridized carbons (Fsp3) is 0.391. The number of benzene rings is 2. The summed E-state index contributed by atoms with van der Waals surface area (Å²) in [5, 5.41) is 20.0. The summed E-state index contributed by atoms with van der Waals surface area (Å²) in [7, 11) is 0. The molecule has 26 heavy (non-hydrogen) atoms. The Labute approximate surface area is 157 Å². The summed E-state index contributed by atoms with van der Waals surface area (Å²) < 4.78 is 5.80. The average molecular weight is 354 g/mol. The van der Waals surface area contributed by atoms with Crippen LogP contribution in [0.2, 0.25) is 0 Å². The lowest BCUT2D eigenvalue weighted by Crippen LogP contribution is -2.04. The van der Waals surface area contributed by atoms with Gasteiger partial charge in [-0.2, -0.15) is 0 Å². The lowest BCUT2D eigenvalue weighted by molar-refractivity contribution is 0.201. The Morgan fingerprint density at radius 1 is 1.15 bits per heavy atom. The second-order valence-electron chi connectivity index (χ2n) is 6.85. The average Bonchev–Trinajstić information content (AvgIpc) is 2.59. The van der Waals surface area contributed by atoms with Gasteiger partial charge < -0.3 is 14.9 Å². The summed E-state index contributed by atoms with van der Waals surface area (Å²) >= 11 is 0. The third kappa shape index (κ3) is 4.89. The molecule has 3 nitrogen and oxygen atoms in total. The van der Waals surface area contributed by atoms with Crippen LogP contribution in [0.1, 0.15) is 49.8 Å². The van der Waals surface area contributed by atoms with Gasteiger partial charge in [-0.15, -0.1) is 0 Å². The van der Waals surface area contributed by atoms with E-state index in [4.69, 9.17) is 4.74 Å². The van der Waals surface area contributed by atoms with E-state index in [1.807, 2.05) is 44.2 Å². The third-order valence-corrected chi connectivity index (χ3v) is 4.46.